The standard InChI is InChI=1S/C12H17NOS2/c1-2-3-6-11(14)13-7-9-16-12(13)10-5-4-8-15-10/h4-5,8,12H,2-3,6-7,9H2,1H3/t12-/m1/s1. The molecule has 1 atom stereocenters. The molecule has 1 aromatic rings. The highest BCUT2D eigenvalue weighted by Crippen LogP contribution is 2.40. The highest BCUT2D eigenvalue weighted by Gasteiger charge is 2.30. The minimum Gasteiger partial charge on any atom is -0.325 e. The predicted molar refractivity (Wildman–Crippen MR) is 70.8 cm³/mol. The van der Waals surface area contributed by atoms with Crippen molar-refractivity contribution in [2.24, 2.45) is 0 Å². The van der Waals surface area contributed by atoms with Gasteiger partial charge in [-0.2, -0.15) is 0 Å². The molecular weight excluding hydrogens is 238 g/mol. The summed E-state index contributed by atoms with van der Waals surface area (Å²) in [4.78, 5) is 15.4. The van der Waals surface area contributed by atoms with E-state index in [1.54, 1.807) is 11.3 Å². The maximum atomic E-state index is 12.0. The summed E-state index contributed by atoms with van der Waals surface area (Å²) in [5.41, 5.74) is 0. The number of hydrogen-bond acceptors (Lipinski definition) is 3. The van der Waals surface area contributed by atoms with E-state index in [4.69, 9.17) is 0 Å². The van der Waals surface area contributed by atoms with Gasteiger partial charge in [-0.15, -0.1) is 23.1 Å². The van der Waals surface area contributed by atoms with Crippen LogP contribution in [0, 0.1) is 0 Å². The van der Waals surface area contributed by atoms with E-state index < -0.39 is 0 Å². The molecule has 1 aromatic heterocycles. The number of rotatable bonds is 4. The zero-order valence-electron chi connectivity index (χ0n) is 9.52. The fourth-order valence-corrected chi connectivity index (χ4v) is 4.12. The van der Waals surface area contributed by atoms with Crippen LogP contribution in [0.1, 0.15) is 36.4 Å². The molecule has 0 radical (unpaired) electrons. The van der Waals surface area contributed by atoms with Crippen LogP contribution in [0.25, 0.3) is 0 Å². The molecule has 0 unspecified atom stereocenters. The van der Waals surface area contributed by atoms with E-state index >= 15 is 0 Å². The second kappa shape index (κ2) is 5.73. The predicted octanol–water partition coefficient (Wildman–Crippen LogP) is 3.51. The maximum Gasteiger partial charge on any atom is 0.223 e. The van der Waals surface area contributed by atoms with Crippen molar-refractivity contribution in [2.45, 2.75) is 31.6 Å². The van der Waals surface area contributed by atoms with Crippen LogP contribution >= 0.6 is 23.1 Å². The molecule has 0 aliphatic carbocycles. The van der Waals surface area contributed by atoms with Crippen molar-refractivity contribution in [1.82, 2.24) is 4.90 Å². The average molecular weight is 255 g/mol. The third-order valence-corrected chi connectivity index (χ3v) is 5.06. The Kier molecular flexibility index (Phi) is 4.29. The third-order valence-electron chi connectivity index (χ3n) is 2.74. The number of amides is 1. The van der Waals surface area contributed by atoms with E-state index in [2.05, 4.69) is 24.4 Å². The van der Waals surface area contributed by atoms with Crippen molar-refractivity contribution in [3.8, 4) is 0 Å². The van der Waals surface area contributed by atoms with Gasteiger partial charge in [0.15, 0.2) is 0 Å². The molecule has 16 heavy (non-hydrogen) atoms. The zero-order valence-corrected chi connectivity index (χ0v) is 11.1. The average Bonchev–Trinajstić information content (AvgIpc) is 2.94. The molecule has 0 N–H and O–H groups in total. The molecule has 2 heterocycles. The second-order valence-corrected chi connectivity index (χ2v) is 6.10. The quantitative estimate of drug-likeness (QED) is 0.820. The van der Waals surface area contributed by atoms with Crippen molar-refractivity contribution >= 4 is 29.0 Å². The summed E-state index contributed by atoms with van der Waals surface area (Å²) in [5, 5.41) is 2.37. The van der Waals surface area contributed by atoms with E-state index in [-0.39, 0.29) is 5.37 Å². The van der Waals surface area contributed by atoms with Gasteiger partial charge in [0.25, 0.3) is 0 Å². The van der Waals surface area contributed by atoms with Crippen LogP contribution in [0.15, 0.2) is 17.5 Å². The van der Waals surface area contributed by atoms with Crippen molar-refractivity contribution in [1.29, 1.82) is 0 Å². The smallest absolute Gasteiger partial charge is 0.223 e. The molecule has 88 valence electrons. The zero-order chi connectivity index (χ0) is 11.4. The number of carbonyl (C=O) groups excluding carboxylic acids is 1. The van der Waals surface area contributed by atoms with Crippen LogP contribution in [0.2, 0.25) is 0 Å². The molecule has 1 amide bonds. The Labute approximate surface area is 105 Å². The summed E-state index contributed by atoms with van der Waals surface area (Å²) in [7, 11) is 0. The molecule has 1 saturated heterocycles. The highest BCUT2D eigenvalue weighted by molar-refractivity contribution is 7.99. The summed E-state index contributed by atoms with van der Waals surface area (Å²) in [6.45, 7) is 3.04. The van der Waals surface area contributed by atoms with E-state index in [1.807, 2.05) is 16.7 Å². The van der Waals surface area contributed by atoms with E-state index in [1.165, 1.54) is 4.88 Å². The SMILES string of the molecule is CCCCC(=O)N1CCS[C@@H]1c1cccs1. The lowest BCUT2D eigenvalue weighted by molar-refractivity contribution is -0.131. The van der Waals surface area contributed by atoms with Crippen LogP contribution in [0.5, 0.6) is 0 Å². The van der Waals surface area contributed by atoms with Gasteiger partial charge in [0.05, 0.1) is 0 Å². The Morgan fingerprint density at radius 1 is 1.62 bits per heavy atom. The van der Waals surface area contributed by atoms with E-state index in [0.717, 1.165) is 25.1 Å². The van der Waals surface area contributed by atoms with E-state index in [9.17, 15) is 4.79 Å². The summed E-state index contributed by atoms with van der Waals surface area (Å²) in [6.07, 6.45) is 2.81. The van der Waals surface area contributed by atoms with Crippen molar-refractivity contribution < 1.29 is 4.79 Å². The lowest BCUT2D eigenvalue weighted by Crippen LogP contribution is -2.29. The Morgan fingerprint density at radius 3 is 3.19 bits per heavy atom. The Hall–Kier alpha value is -0.480. The number of carbonyl (C=O) groups is 1. The topological polar surface area (TPSA) is 20.3 Å². The molecule has 2 nitrogen and oxygen atoms in total. The Bertz CT molecular complexity index is 337. The Balaban J connectivity index is 2.01. The summed E-state index contributed by atoms with van der Waals surface area (Å²) < 4.78 is 0. The molecular formula is C12H17NOS2. The third kappa shape index (κ3) is 2.61. The number of nitrogens with zero attached hydrogens (tertiary/aromatic N) is 1. The molecule has 1 aliphatic rings. The lowest BCUT2D eigenvalue weighted by Gasteiger charge is -2.22. The number of hydrogen-bond donors (Lipinski definition) is 0. The maximum absolute atomic E-state index is 12.0. The van der Waals surface area contributed by atoms with E-state index in [0.29, 0.717) is 12.3 Å². The Morgan fingerprint density at radius 2 is 2.50 bits per heavy atom. The number of thioether (sulfide) groups is 1. The van der Waals surface area contributed by atoms with Gasteiger partial charge in [-0.1, -0.05) is 19.4 Å². The van der Waals surface area contributed by atoms with Gasteiger partial charge in [-0.25, -0.2) is 0 Å². The molecule has 2 rings (SSSR count). The van der Waals surface area contributed by atoms with Gasteiger partial charge < -0.3 is 4.90 Å². The summed E-state index contributed by atoms with van der Waals surface area (Å²) >= 11 is 3.64. The van der Waals surface area contributed by atoms with Gasteiger partial charge in [-0.3, -0.25) is 4.79 Å². The minimum atomic E-state index is 0.282. The first kappa shape index (κ1) is 12.0. The monoisotopic (exact) mass is 255 g/mol. The fourth-order valence-electron chi connectivity index (χ4n) is 1.86. The summed E-state index contributed by atoms with van der Waals surface area (Å²) in [6, 6.07) is 4.20. The van der Waals surface area contributed by atoms with Crippen molar-refractivity contribution in [2.75, 3.05) is 12.3 Å². The van der Waals surface area contributed by atoms with Crippen LogP contribution in [0.3, 0.4) is 0 Å². The van der Waals surface area contributed by atoms with Gasteiger partial charge >= 0.3 is 0 Å². The molecule has 0 spiro atoms. The second-order valence-electron chi connectivity index (χ2n) is 3.93. The first-order valence-corrected chi connectivity index (χ1v) is 7.70. The van der Waals surface area contributed by atoms with Crippen LogP contribution in [-0.4, -0.2) is 23.1 Å². The molecule has 4 heteroatoms. The van der Waals surface area contributed by atoms with Gasteiger partial charge in [-0.05, 0) is 17.9 Å². The fraction of sp³-hybridized carbons (Fsp3) is 0.583. The summed E-state index contributed by atoms with van der Waals surface area (Å²) in [5.74, 6) is 1.39. The first-order valence-electron chi connectivity index (χ1n) is 5.77. The number of unbranched alkanes of at least 4 members (excludes halogenated alkanes) is 1. The highest BCUT2D eigenvalue weighted by atomic mass is 32.2. The van der Waals surface area contributed by atoms with Crippen LogP contribution in [0.4, 0.5) is 0 Å². The molecule has 0 saturated carbocycles. The van der Waals surface area contributed by atoms with Gasteiger partial charge in [0.2, 0.25) is 5.91 Å². The van der Waals surface area contributed by atoms with Crippen LogP contribution < -0.4 is 0 Å². The first-order chi connectivity index (χ1) is 7.83. The largest absolute Gasteiger partial charge is 0.325 e. The lowest BCUT2D eigenvalue weighted by atomic mass is 10.2. The van der Waals surface area contributed by atoms with Crippen molar-refractivity contribution in [3.05, 3.63) is 22.4 Å². The minimum absolute atomic E-state index is 0.282. The molecule has 0 aromatic carbocycles. The number of thiophene rings is 1. The van der Waals surface area contributed by atoms with Crippen LogP contribution in [-0.2, 0) is 4.79 Å². The normalized spacial score (nSPS) is 20.3. The molecule has 1 fully saturated rings. The van der Waals surface area contributed by atoms with Gasteiger partial charge in [0, 0.05) is 23.6 Å². The molecule has 1 aliphatic heterocycles. The van der Waals surface area contributed by atoms with Crippen molar-refractivity contribution in [3.63, 3.8) is 0 Å². The molecule has 0 bridgehead atoms. The van der Waals surface area contributed by atoms with Gasteiger partial charge in [0.1, 0.15) is 5.37 Å².